The summed E-state index contributed by atoms with van der Waals surface area (Å²) in [5.74, 6) is -0.899. The number of ether oxygens (including phenoxy) is 1. The van der Waals surface area contributed by atoms with Gasteiger partial charge in [-0.05, 0) is 24.6 Å². The van der Waals surface area contributed by atoms with E-state index in [0.29, 0.717) is 17.6 Å². The molecule has 0 saturated heterocycles. The molecule has 1 heterocycles. The summed E-state index contributed by atoms with van der Waals surface area (Å²) in [6, 6.07) is 7.13. The van der Waals surface area contributed by atoms with Crippen LogP contribution in [-0.4, -0.2) is 32.1 Å². The first-order valence-electron chi connectivity index (χ1n) is 14.6. The number of rotatable bonds is 17. The Balaban J connectivity index is 1.65. The summed E-state index contributed by atoms with van der Waals surface area (Å²) in [5, 5.41) is 41.6. The Hall–Kier alpha value is -3.35. The summed E-state index contributed by atoms with van der Waals surface area (Å²) in [6.07, 6.45) is 17.3. The molecule has 0 radical (unpaired) electrons. The van der Waals surface area contributed by atoms with Crippen molar-refractivity contribution in [3.05, 3.63) is 40.6 Å². The topological polar surface area (TPSA) is 112 Å². The number of phenolic OH excluding ortho intramolecular Hbond substituents is 3. The fourth-order valence-corrected chi connectivity index (χ4v) is 5.33. The van der Waals surface area contributed by atoms with Gasteiger partial charge in [0.1, 0.15) is 11.5 Å². The number of phenols is 3. The second kappa shape index (κ2) is 15.3. The van der Waals surface area contributed by atoms with Crippen molar-refractivity contribution >= 4 is 10.9 Å². The van der Waals surface area contributed by atoms with Crippen LogP contribution in [0.1, 0.15) is 96.8 Å². The molecule has 7 nitrogen and oxygen atoms in total. The lowest BCUT2D eigenvalue weighted by Crippen LogP contribution is -2.13. The molecule has 0 atom stereocenters. The van der Waals surface area contributed by atoms with Crippen molar-refractivity contribution in [2.75, 3.05) is 7.11 Å². The highest BCUT2D eigenvalue weighted by Crippen LogP contribution is 2.38. The fraction of sp³-hybridized carbons (Fsp3) is 0.531. The van der Waals surface area contributed by atoms with Gasteiger partial charge in [-0.3, -0.25) is 4.79 Å². The summed E-state index contributed by atoms with van der Waals surface area (Å²) in [4.78, 5) is 13.0. The SMILES string of the molecule is CCCCCCCCCCCCCCCCn1c(-c2ccc(O)c(OC)c2)c(O)c(=O)c2c(O)cc(O)cc21. The highest BCUT2D eigenvalue weighted by Gasteiger charge is 2.21. The van der Waals surface area contributed by atoms with Crippen LogP contribution in [0.4, 0.5) is 0 Å². The molecule has 39 heavy (non-hydrogen) atoms. The van der Waals surface area contributed by atoms with Crippen LogP contribution in [0.5, 0.6) is 28.7 Å². The number of pyridine rings is 1. The zero-order valence-electron chi connectivity index (χ0n) is 23.5. The lowest BCUT2D eigenvalue weighted by Gasteiger charge is -2.20. The minimum Gasteiger partial charge on any atom is -0.508 e. The first kappa shape index (κ1) is 30.2. The monoisotopic (exact) mass is 539 g/mol. The van der Waals surface area contributed by atoms with Gasteiger partial charge in [0.05, 0.1) is 23.7 Å². The molecule has 0 spiro atoms. The number of fused-ring (bicyclic) bond motifs is 1. The molecular weight excluding hydrogens is 494 g/mol. The van der Waals surface area contributed by atoms with E-state index in [-0.39, 0.29) is 34.1 Å². The van der Waals surface area contributed by atoms with Gasteiger partial charge in [0.2, 0.25) is 5.43 Å². The molecule has 0 aliphatic heterocycles. The molecule has 3 rings (SSSR count). The van der Waals surface area contributed by atoms with Gasteiger partial charge in [0, 0.05) is 24.2 Å². The molecule has 214 valence electrons. The molecule has 0 aliphatic carbocycles. The summed E-state index contributed by atoms with van der Waals surface area (Å²) in [6.45, 7) is 2.73. The number of methoxy groups -OCH3 is 1. The van der Waals surface area contributed by atoms with E-state index >= 15 is 0 Å². The Labute approximate surface area is 231 Å². The lowest BCUT2D eigenvalue weighted by molar-refractivity contribution is 0.373. The number of benzene rings is 2. The van der Waals surface area contributed by atoms with Gasteiger partial charge in [0.15, 0.2) is 17.2 Å². The first-order chi connectivity index (χ1) is 18.9. The average molecular weight is 540 g/mol. The maximum absolute atomic E-state index is 13.0. The van der Waals surface area contributed by atoms with Gasteiger partial charge >= 0.3 is 0 Å². The Morgan fingerprint density at radius 1 is 0.718 bits per heavy atom. The predicted octanol–water partition coefficient (Wildman–Crippen LogP) is 7.98. The molecule has 0 saturated carbocycles. The van der Waals surface area contributed by atoms with Crippen molar-refractivity contribution < 1.29 is 25.2 Å². The zero-order valence-corrected chi connectivity index (χ0v) is 23.5. The second-order valence-electron chi connectivity index (χ2n) is 10.5. The van der Waals surface area contributed by atoms with E-state index in [1.54, 1.807) is 16.7 Å². The number of aryl methyl sites for hydroxylation is 1. The van der Waals surface area contributed by atoms with Crippen molar-refractivity contribution in [1.82, 2.24) is 4.57 Å². The third-order valence-electron chi connectivity index (χ3n) is 7.50. The van der Waals surface area contributed by atoms with Crippen LogP contribution in [0, 0.1) is 0 Å². The number of hydrogen-bond acceptors (Lipinski definition) is 6. The fourth-order valence-electron chi connectivity index (χ4n) is 5.33. The highest BCUT2D eigenvalue weighted by molar-refractivity contribution is 5.91. The molecule has 0 bridgehead atoms. The highest BCUT2D eigenvalue weighted by atomic mass is 16.5. The van der Waals surface area contributed by atoms with Crippen LogP contribution in [0.25, 0.3) is 22.2 Å². The summed E-state index contributed by atoms with van der Waals surface area (Å²) in [7, 11) is 1.43. The average Bonchev–Trinajstić information content (AvgIpc) is 2.91. The van der Waals surface area contributed by atoms with E-state index in [1.807, 2.05) is 0 Å². The molecule has 1 aromatic heterocycles. The zero-order chi connectivity index (χ0) is 28.2. The minimum atomic E-state index is -0.721. The number of unbranched alkanes of at least 4 members (excludes halogenated alkanes) is 13. The van der Waals surface area contributed by atoms with Gasteiger partial charge in [-0.15, -0.1) is 0 Å². The lowest BCUT2D eigenvalue weighted by atomic mass is 10.0. The number of aromatic hydroxyl groups is 4. The number of nitrogens with zero attached hydrogens (tertiary/aromatic N) is 1. The van der Waals surface area contributed by atoms with Gasteiger partial charge < -0.3 is 29.7 Å². The molecular formula is C32H45NO6. The van der Waals surface area contributed by atoms with E-state index in [2.05, 4.69) is 6.92 Å². The standard InChI is InChI=1S/C32H45NO6/c1-3-4-5-6-7-8-9-10-11-12-13-14-15-16-19-33-25-21-24(34)22-27(36)29(25)31(37)32(38)30(33)23-17-18-26(35)28(20-23)39-2/h17-18,20-22,34-36,38H,3-16,19H2,1-2H3. The van der Waals surface area contributed by atoms with Crippen LogP contribution < -0.4 is 10.2 Å². The van der Waals surface area contributed by atoms with Gasteiger partial charge in [-0.25, -0.2) is 0 Å². The van der Waals surface area contributed by atoms with Gasteiger partial charge in [-0.2, -0.15) is 0 Å². The predicted molar refractivity (Wildman–Crippen MR) is 157 cm³/mol. The molecule has 4 N–H and O–H groups in total. The van der Waals surface area contributed by atoms with Crippen molar-refractivity contribution in [3.8, 4) is 40.0 Å². The third-order valence-corrected chi connectivity index (χ3v) is 7.50. The van der Waals surface area contributed by atoms with Crippen LogP contribution in [0.2, 0.25) is 0 Å². The molecule has 0 aliphatic rings. The second-order valence-corrected chi connectivity index (χ2v) is 10.5. The van der Waals surface area contributed by atoms with Crippen LogP contribution in [0.3, 0.4) is 0 Å². The molecule has 0 fully saturated rings. The van der Waals surface area contributed by atoms with Crippen molar-refractivity contribution in [3.63, 3.8) is 0 Å². The number of hydrogen-bond donors (Lipinski definition) is 4. The van der Waals surface area contributed by atoms with Gasteiger partial charge in [0.25, 0.3) is 0 Å². The summed E-state index contributed by atoms with van der Waals surface area (Å²) in [5.41, 5.74) is 0.355. The maximum atomic E-state index is 13.0. The molecule has 0 unspecified atom stereocenters. The molecule has 0 amide bonds. The molecule has 3 aromatic rings. The quantitative estimate of drug-likeness (QED) is 0.129. The van der Waals surface area contributed by atoms with Crippen LogP contribution >= 0.6 is 0 Å². The molecule has 2 aromatic carbocycles. The Morgan fingerprint density at radius 3 is 1.85 bits per heavy atom. The van der Waals surface area contributed by atoms with E-state index in [1.165, 1.54) is 89.9 Å². The van der Waals surface area contributed by atoms with Crippen LogP contribution in [0.15, 0.2) is 35.1 Å². The smallest absolute Gasteiger partial charge is 0.235 e. The van der Waals surface area contributed by atoms with E-state index in [9.17, 15) is 25.2 Å². The molecule has 7 heteroatoms. The van der Waals surface area contributed by atoms with Crippen molar-refractivity contribution in [2.24, 2.45) is 0 Å². The number of aromatic nitrogens is 1. The minimum absolute atomic E-state index is 0.0369. The van der Waals surface area contributed by atoms with Gasteiger partial charge in [-0.1, -0.05) is 90.4 Å². The Morgan fingerprint density at radius 2 is 1.28 bits per heavy atom. The maximum Gasteiger partial charge on any atom is 0.235 e. The van der Waals surface area contributed by atoms with E-state index in [0.717, 1.165) is 25.3 Å². The van der Waals surface area contributed by atoms with Crippen molar-refractivity contribution in [2.45, 2.75) is 103 Å². The Bertz CT molecular complexity index is 1270. The van der Waals surface area contributed by atoms with Crippen LogP contribution in [-0.2, 0) is 6.54 Å². The summed E-state index contributed by atoms with van der Waals surface area (Å²) >= 11 is 0. The van der Waals surface area contributed by atoms with Crippen molar-refractivity contribution in [1.29, 1.82) is 0 Å². The first-order valence-corrected chi connectivity index (χ1v) is 14.6. The third kappa shape index (κ3) is 8.07. The normalized spacial score (nSPS) is 11.3. The largest absolute Gasteiger partial charge is 0.508 e. The summed E-state index contributed by atoms with van der Waals surface area (Å²) < 4.78 is 6.99. The van der Waals surface area contributed by atoms with E-state index in [4.69, 9.17) is 4.74 Å². The van der Waals surface area contributed by atoms with E-state index < -0.39 is 11.2 Å². The Kier molecular flexibility index (Phi) is 11.8.